The van der Waals surface area contributed by atoms with Crippen molar-refractivity contribution in [2.75, 3.05) is 26.2 Å². The van der Waals surface area contributed by atoms with Gasteiger partial charge in [0.05, 0.1) is 12.1 Å². The number of carbonyl (C=O) groups excluding carboxylic acids is 2. The van der Waals surface area contributed by atoms with Crippen LogP contribution in [0, 0.1) is 11.8 Å². The first kappa shape index (κ1) is 22.0. The van der Waals surface area contributed by atoms with Gasteiger partial charge in [-0.1, -0.05) is 38.1 Å². The van der Waals surface area contributed by atoms with Gasteiger partial charge in [-0.15, -0.1) is 0 Å². The molecule has 0 saturated carbocycles. The average Bonchev–Trinajstić information content (AvgIpc) is 3.25. The van der Waals surface area contributed by atoms with Crippen molar-refractivity contribution in [2.45, 2.75) is 65.0 Å². The van der Waals surface area contributed by atoms with Crippen molar-refractivity contribution in [2.24, 2.45) is 11.8 Å². The highest BCUT2D eigenvalue weighted by molar-refractivity contribution is 5.98. The van der Waals surface area contributed by atoms with E-state index in [0.29, 0.717) is 12.5 Å². The van der Waals surface area contributed by atoms with Crippen LogP contribution in [0.5, 0.6) is 0 Å². The molecule has 0 bridgehead atoms. The smallest absolute Gasteiger partial charge is 0.237 e. The number of rotatable bonds is 8. The lowest BCUT2D eigenvalue weighted by Crippen LogP contribution is -2.50. The number of benzene rings is 1. The van der Waals surface area contributed by atoms with E-state index in [1.54, 1.807) is 0 Å². The SMILES string of the molecule is CC(C)Cc1ccc(C(=O)C2CCN(C(C)C(=O)NCC3CCCO3)CC2)cc1. The molecule has 2 fully saturated rings. The van der Waals surface area contributed by atoms with E-state index in [-0.39, 0.29) is 29.8 Å². The lowest BCUT2D eigenvalue weighted by Gasteiger charge is -2.35. The van der Waals surface area contributed by atoms with Gasteiger partial charge < -0.3 is 10.1 Å². The summed E-state index contributed by atoms with van der Waals surface area (Å²) < 4.78 is 5.57. The summed E-state index contributed by atoms with van der Waals surface area (Å²) in [6.07, 6.45) is 4.95. The largest absolute Gasteiger partial charge is 0.376 e. The molecule has 0 aromatic heterocycles. The van der Waals surface area contributed by atoms with E-state index >= 15 is 0 Å². The molecule has 5 nitrogen and oxygen atoms in total. The summed E-state index contributed by atoms with van der Waals surface area (Å²) in [6.45, 7) is 9.35. The van der Waals surface area contributed by atoms with E-state index in [4.69, 9.17) is 4.74 Å². The molecule has 29 heavy (non-hydrogen) atoms. The minimum atomic E-state index is -0.164. The molecular formula is C24H36N2O3. The summed E-state index contributed by atoms with van der Waals surface area (Å²) >= 11 is 0. The molecular weight excluding hydrogens is 364 g/mol. The number of likely N-dealkylation sites (tertiary alicyclic amines) is 1. The number of ether oxygens (including phenoxy) is 1. The van der Waals surface area contributed by atoms with Crippen LogP contribution in [-0.4, -0.2) is 55.0 Å². The van der Waals surface area contributed by atoms with E-state index in [2.05, 4.69) is 36.2 Å². The predicted molar refractivity (Wildman–Crippen MR) is 115 cm³/mol. The zero-order valence-corrected chi connectivity index (χ0v) is 18.2. The molecule has 2 saturated heterocycles. The number of hydrogen-bond acceptors (Lipinski definition) is 4. The van der Waals surface area contributed by atoms with Crippen molar-refractivity contribution in [3.63, 3.8) is 0 Å². The summed E-state index contributed by atoms with van der Waals surface area (Å²) in [7, 11) is 0. The first-order valence-electron chi connectivity index (χ1n) is 11.2. The fourth-order valence-corrected chi connectivity index (χ4v) is 4.39. The Kier molecular flexibility index (Phi) is 7.84. The van der Waals surface area contributed by atoms with Gasteiger partial charge in [0.15, 0.2) is 5.78 Å². The van der Waals surface area contributed by atoms with E-state index in [1.807, 2.05) is 19.1 Å². The fourth-order valence-electron chi connectivity index (χ4n) is 4.39. The maximum Gasteiger partial charge on any atom is 0.237 e. The van der Waals surface area contributed by atoms with Gasteiger partial charge in [0.1, 0.15) is 0 Å². The molecule has 1 amide bonds. The first-order chi connectivity index (χ1) is 13.9. The number of nitrogens with zero attached hydrogens (tertiary/aromatic N) is 1. The Morgan fingerprint density at radius 2 is 1.79 bits per heavy atom. The van der Waals surface area contributed by atoms with Gasteiger partial charge in [0.25, 0.3) is 0 Å². The number of carbonyl (C=O) groups is 2. The van der Waals surface area contributed by atoms with Crippen LogP contribution in [0.15, 0.2) is 24.3 Å². The van der Waals surface area contributed by atoms with Crippen LogP contribution in [0.25, 0.3) is 0 Å². The van der Waals surface area contributed by atoms with Crippen molar-refractivity contribution in [3.05, 3.63) is 35.4 Å². The summed E-state index contributed by atoms with van der Waals surface area (Å²) in [6, 6.07) is 7.97. The highest BCUT2D eigenvalue weighted by atomic mass is 16.5. The Morgan fingerprint density at radius 1 is 1.10 bits per heavy atom. The molecule has 2 aliphatic rings. The molecule has 2 heterocycles. The van der Waals surface area contributed by atoms with Crippen molar-refractivity contribution in [3.8, 4) is 0 Å². The van der Waals surface area contributed by atoms with E-state index < -0.39 is 0 Å². The Hall–Kier alpha value is -1.72. The number of hydrogen-bond donors (Lipinski definition) is 1. The minimum Gasteiger partial charge on any atom is -0.376 e. The van der Waals surface area contributed by atoms with Gasteiger partial charge in [-0.3, -0.25) is 14.5 Å². The molecule has 1 N–H and O–H groups in total. The number of amides is 1. The van der Waals surface area contributed by atoms with Gasteiger partial charge in [-0.25, -0.2) is 0 Å². The Labute approximate surface area is 175 Å². The van der Waals surface area contributed by atoms with Crippen LogP contribution in [0.2, 0.25) is 0 Å². The predicted octanol–water partition coefficient (Wildman–Crippen LogP) is 3.46. The van der Waals surface area contributed by atoms with Gasteiger partial charge in [0.2, 0.25) is 5.91 Å². The Balaban J connectivity index is 1.45. The number of Topliss-reactive ketones (excluding diaryl/α,β-unsaturated/α-hetero) is 1. The monoisotopic (exact) mass is 400 g/mol. The lowest BCUT2D eigenvalue weighted by molar-refractivity contribution is -0.126. The number of ketones is 1. The Morgan fingerprint density at radius 3 is 2.38 bits per heavy atom. The van der Waals surface area contributed by atoms with Crippen molar-refractivity contribution in [1.29, 1.82) is 0 Å². The van der Waals surface area contributed by atoms with Gasteiger partial charge in [0, 0.05) is 24.6 Å². The molecule has 5 heteroatoms. The standard InChI is InChI=1S/C24H36N2O3/c1-17(2)15-19-6-8-20(9-7-19)23(27)21-10-12-26(13-11-21)18(3)24(28)25-16-22-5-4-14-29-22/h6-9,17-18,21-22H,4-5,10-16H2,1-3H3,(H,25,28). The zero-order valence-electron chi connectivity index (χ0n) is 18.2. The van der Waals surface area contributed by atoms with E-state index in [9.17, 15) is 9.59 Å². The number of nitrogens with one attached hydrogen (secondary N) is 1. The minimum absolute atomic E-state index is 0.0596. The van der Waals surface area contributed by atoms with Gasteiger partial charge >= 0.3 is 0 Å². The molecule has 1 aromatic carbocycles. The topological polar surface area (TPSA) is 58.6 Å². The lowest BCUT2D eigenvalue weighted by atomic mass is 9.88. The van der Waals surface area contributed by atoms with Crippen LogP contribution in [0.4, 0.5) is 0 Å². The normalized spacial score (nSPS) is 22.0. The quantitative estimate of drug-likeness (QED) is 0.679. The molecule has 0 spiro atoms. The second-order valence-corrected chi connectivity index (χ2v) is 9.03. The maximum absolute atomic E-state index is 12.9. The van der Waals surface area contributed by atoms with E-state index in [0.717, 1.165) is 57.4 Å². The molecule has 3 rings (SSSR count). The third-order valence-corrected chi connectivity index (χ3v) is 6.24. The molecule has 2 unspecified atom stereocenters. The van der Waals surface area contributed by atoms with Gasteiger partial charge in [-0.2, -0.15) is 0 Å². The molecule has 160 valence electrons. The summed E-state index contributed by atoms with van der Waals surface area (Å²) in [5.74, 6) is 0.984. The van der Waals surface area contributed by atoms with Crippen LogP contribution >= 0.6 is 0 Å². The molecule has 0 aliphatic carbocycles. The molecule has 0 radical (unpaired) electrons. The average molecular weight is 401 g/mol. The van der Waals surface area contributed by atoms with Crippen LogP contribution in [-0.2, 0) is 16.0 Å². The van der Waals surface area contributed by atoms with Crippen molar-refractivity contribution >= 4 is 11.7 Å². The molecule has 2 atom stereocenters. The van der Waals surface area contributed by atoms with Crippen molar-refractivity contribution in [1.82, 2.24) is 10.2 Å². The highest BCUT2D eigenvalue weighted by Gasteiger charge is 2.30. The number of piperidine rings is 1. The zero-order chi connectivity index (χ0) is 20.8. The Bertz CT molecular complexity index is 672. The fraction of sp³-hybridized carbons (Fsp3) is 0.667. The molecule has 2 aliphatic heterocycles. The second-order valence-electron chi connectivity index (χ2n) is 9.03. The summed E-state index contributed by atoms with van der Waals surface area (Å²) in [5.41, 5.74) is 2.10. The second kappa shape index (κ2) is 10.4. The highest BCUT2D eigenvalue weighted by Crippen LogP contribution is 2.24. The van der Waals surface area contributed by atoms with Crippen LogP contribution in [0.3, 0.4) is 0 Å². The van der Waals surface area contributed by atoms with Crippen LogP contribution in [0.1, 0.15) is 62.4 Å². The van der Waals surface area contributed by atoms with Gasteiger partial charge in [-0.05, 0) is 63.6 Å². The maximum atomic E-state index is 12.9. The third-order valence-electron chi connectivity index (χ3n) is 6.24. The van der Waals surface area contributed by atoms with Crippen LogP contribution < -0.4 is 5.32 Å². The van der Waals surface area contributed by atoms with Crippen molar-refractivity contribution < 1.29 is 14.3 Å². The van der Waals surface area contributed by atoms with E-state index in [1.165, 1.54) is 5.56 Å². The molecule has 1 aromatic rings. The summed E-state index contributed by atoms with van der Waals surface area (Å²) in [5, 5.41) is 3.03. The summed E-state index contributed by atoms with van der Waals surface area (Å²) in [4.78, 5) is 27.5. The first-order valence-corrected chi connectivity index (χ1v) is 11.2. The third kappa shape index (κ3) is 6.13.